The third kappa shape index (κ3) is 4.56. The van der Waals surface area contributed by atoms with E-state index in [-0.39, 0.29) is 28.8 Å². The first-order valence-corrected chi connectivity index (χ1v) is 9.68. The summed E-state index contributed by atoms with van der Waals surface area (Å²) in [6.45, 7) is 3.71. The molecule has 0 aromatic heterocycles. The zero-order valence-corrected chi connectivity index (χ0v) is 16.6. The van der Waals surface area contributed by atoms with Crippen LogP contribution in [-0.4, -0.2) is 82.1 Å². The summed E-state index contributed by atoms with van der Waals surface area (Å²) in [6.07, 6.45) is -0.564. The van der Waals surface area contributed by atoms with Gasteiger partial charge in [0.15, 0.2) is 0 Å². The molecule has 1 unspecified atom stereocenters. The van der Waals surface area contributed by atoms with E-state index in [1.165, 1.54) is 23.6 Å². The highest BCUT2D eigenvalue weighted by Gasteiger charge is 2.45. The highest BCUT2D eigenvalue weighted by molar-refractivity contribution is 8.03. The van der Waals surface area contributed by atoms with Crippen LogP contribution in [0.2, 0.25) is 0 Å². The minimum absolute atomic E-state index is 0.000998. The van der Waals surface area contributed by atoms with E-state index < -0.39 is 30.0 Å². The average molecular weight is 401 g/mol. The fourth-order valence-electron chi connectivity index (χ4n) is 3.62. The number of carboxylic acid groups (broad SMARTS) is 2. The monoisotopic (exact) mass is 401 g/mol. The number of carbonyl (C=O) groups is 3. The number of rotatable bonds is 7. The van der Waals surface area contributed by atoms with Crippen molar-refractivity contribution in [1.29, 1.82) is 0 Å². The zero-order valence-electron chi connectivity index (χ0n) is 15.8. The highest BCUT2D eigenvalue weighted by atomic mass is 32.2. The number of likely N-dealkylation sites (N-methyl/N-ethyl adjacent to an activating group) is 1. The van der Waals surface area contributed by atoms with E-state index in [9.17, 15) is 29.7 Å². The third-order valence-corrected chi connectivity index (χ3v) is 6.56. The van der Waals surface area contributed by atoms with Gasteiger partial charge < -0.3 is 30.9 Å². The number of aliphatic carboxylic acids is 2. The summed E-state index contributed by atoms with van der Waals surface area (Å²) >= 11 is 1.37. The lowest BCUT2D eigenvalue weighted by Crippen LogP contribution is -2.45. The van der Waals surface area contributed by atoms with Gasteiger partial charge in [0.05, 0.1) is 12.1 Å². The van der Waals surface area contributed by atoms with Crippen LogP contribution in [0.4, 0.5) is 0 Å². The molecule has 152 valence electrons. The minimum Gasteiger partial charge on any atom is -0.481 e. The number of hydrogen-bond donors (Lipinski definition) is 5. The van der Waals surface area contributed by atoms with Gasteiger partial charge in [-0.3, -0.25) is 9.59 Å². The Bertz CT molecular complexity index is 651. The van der Waals surface area contributed by atoms with Crippen molar-refractivity contribution in [1.82, 2.24) is 15.5 Å². The molecule has 0 saturated carbocycles. The molecule has 0 bridgehead atoms. The topological polar surface area (TPSA) is 139 Å². The molecule has 1 saturated heterocycles. The first-order chi connectivity index (χ1) is 12.5. The van der Waals surface area contributed by atoms with Gasteiger partial charge in [-0.2, -0.15) is 0 Å². The van der Waals surface area contributed by atoms with Crippen molar-refractivity contribution < 1.29 is 29.7 Å². The molecular formula is C17H27N3O6S. The summed E-state index contributed by atoms with van der Waals surface area (Å²) in [5.74, 6) is -3.88. The molecule has 2 heterocycles. The van der Waals surface area contributed by atoms with Crippen molar-refractivity contribution in [2.24, 2.45) is 11.8 Å². The summed E-state index contributed by atoms with van der Waals surface area (Å²) in [5, 5.41) is 34.8. The number of hydrogen-bond acceptors (Lipinski definition) is 7. The van der Waals surface area contributed by atoms with Crippen molar-refractivity contribution in [3.05, 3.63) is 10.6 Å². The second-order valence-corrected chi connectivity index (χ2v) is 8.62. The number of aliphatic hydroxyl groups excluding tert-OH is 1. The van der Waals surface area contributed by atoms with Gasteiger partial charge in [0.1, 0.15) is 11.6 Å². The molecule has 1 fully saturated rings. The maximum atomic E-state index is 12.1. The van der Waals surface area contributed by atoms with E-state index in [0.717, 1.165) is 0 Å². The Morgan fingerprint density at radius 2 is 1.89 bits per heavy atom. The van der Waals surface area contributed by atoms with Crippen molar-refractivity contribution >= 4 is 29.6 Å². The first kappa shape index (κ1) is 21.5. The molecule has 0 aromatic rings. The van der Waals surface area contributed by atoms with Crippen LogP contribution < -0.4 is 10.6 Å². The fourth-order valence-corrected chi connectivity index (χ4v) is 5.07. The van der Waals surface area contributed by atoms with Crippen LogP contribution >= 0.6 is 11.8 Å². The molecule has 0 aromatic carbocycles. The lowest BCUT2D eigenvalue weighted by atomic mass is 9.87. The van der Waals surface area contributed by atoms with Crippen molar-refractivity contribution in [2.45, 2.75) is 43.7 Å². The molecular weight excluding hydrogens is 374 g/mol. The van der Waals surface area contributed by atoms with Gasteiger partial charge in [0, 0.05) is 42.8 Å². The number of thioether (sulfide) groups is 1. The second kappa shape index (κ2) is 8.49. The predicted molar refractivity (Wildman–Crippen MR) is 100 cm³/mol. The molecule has 0 aliphatic carbocycles. The normalized spacial score (nSPS) is 30.0. The molecule has 0 spiro atoms. The van der Waals surface area contributed by atoms with Crippen LogP contribution in [0.25, 0.3) is 0 Å². The summed E-state index contributed by atoms with van der Waals surface area (Å²) < 4.78 is 0. The Balaban J connectivity index is 2.16. The molecule has 9 nitrogen and oxygen atoms in total. The SMILES string of the molecule is C[C@H]1C(S[C@@H]2CN[C@H](C(=O)N(C)C)C2)=C(C(=O)O)NC1[C@H](C(=O)O)[C@@H](C)O. The van der Waals surface area contributed by atoms with Crippen LogP contribution in [0.3, 0.4) is 0 Å². The maximum absolute atomic E-state index is 12.1. The quantitative estimate of drug-likeness (QED) is 0.383. The van der Waals surface area contributed by atoms with Gasteiger partial charge in [-0.15, -0.1) is 11.8 Å². The maximum Gasteiger partial charge on any atom is 0.352 e. The van der Waals surface area contributed by atoms with Gasteiger partial charge in [0.2, 0.25) is 5.91 Å². The van der Waals surface area contributed by atoms with Crippen LogP contribution in [0.1, 0.15) is 20.3 Å². The molecule has 2 rings (SSSR count). The standard InChI is InChI=1S/C17H27N3O6S/c1-7-12(11(8(2)21)16(23)24)19-13(17(25)26)14(7)27-9-5-10(18-6-9)15(22)20(3)4/h7-12,18-19,21H,5-6H2,1-4H3,(H,23,24)(H,25,26)/t7-,8-,9+,10+,11-,12?/m1/s1. The molecule has 0 radical (unpaired) electrons. The zero-order chi connectivity index (χ0) is 20.5. The minimum atomic E-state index is -1.18. The van der Waals surface area contributed by atoms with E-state index in [2.05, 4.69) is 10.6 Å². The van der Waals surface area contributed by atoms with Crippen LogP contribution in [0.5, 0.6) is 0 Å². The van der Waals surface area contributed by atoms with Crippen LogP contribution in [-0.2, 0) is 14.4 Å². The molecule has 2 aliphatic heterocycles. The molecule has 2 aliphatic rings. The molecule has 6 atom stereocenters. The van der Waals surface area contributed by atoms with Crippen LogP contribution in [0, 0.1) is 11.8 Å². The number of amides is 1. The Labute approximate surface area is 162 Å². The first-order valence-electron chi connectivity index (χ1n) is 8.80. The molecule has 10 heteroatoms. The van der Waals surface area contributed by atoms with Gasteiger partial charge in [-0.25, -0.2) is 4.79 Å². The molecule has 27 heavy (non-hydrogen) atoms. The predicted octanol–water partition coefficient (Wildman–Crippen LogP) is -0.476. The third-order valence-electron chi connectivity index (χ3n) is 5.04. The van der Waals surface area contributed by atoms with E-state index in [0.29, 0.717) is 17.9 Å². The summed E-state index contributed by atoms with van der Waals surface area (Å²) in [4.78, 5) is 37.4. The number of aliphatic hydroxyl groups is 1. The van der Waals surface area contributed by atoms with Gasteiger partial charge in [0.25, 0.3) is 0 Å². The Kier molecular flexibility index (Phi) is 6.77. The van der Waals surface area contributed by atoms with E-state index in [1.807, 2.05) is 0 Å². The smallest absolute Gasteiger partial charge is 0.352 e. The van der Waals surface area contributed by atoms with Gasteiger partial charge in [-0.05, 0) is 13.3 Å². The highest BCUT2D eigenvalue weighted by Crippen LogP contribution is 2.41. The Morgan fingerprint density at radius 3 is 2.37 bits per heavy atom. The number of nitrogens with one attached hydrogen (secondary N) is 2. The fraction of sp³-hybridized carbons (Fsp3) is 0.706. The van der Waals surface area contributed by atoms with Gasteiger partial charge in [-0.1, -0.05) is 6.92 Å². The lowest BCUT2D eigenvalue weighted by molar-refractivity contribution is -0.147. The Hall–Kier alpha value is -1.78. The largest absolute Gasteiger partial charge is 0.481 e. The van der Waals surface area contributed by atoms with Gasteiger partial charge >= 0.3 is 11.9 Å². The van der Waals surface area contributed by atoms with E-state index in [1.54, 1.807) is 21.0 Å². The number of carboxylic acids is 2. The lowest BCUT2D eigenvalue weighted by Gasteiger charge is -2.27. The van der Waals surface area contributed by atoms with Crippen molar-refractivity contribution in [2.75, 3.05) is 20.6 Å². The second-order valence-electron chi connectivity index (χ2n) is 7.28. The molecule has 5 N–H and O–H groups in total. The van der Waals surface area contributed by atoms with Crippen molar-refractivity contribution in [3.63, 3.8) is 0 Å². The summed E-state index contributed by atoms with van der Waals surface area (Å²) in [6, 6.07) is -1.03. The van der Waals surface area contributed by atoms with E-state index in [4.69, 9.17) is 0 Å². The molecule has 1 amide bonds. The van der Waals surface area contributed by atoms with Crippen molar-refractivity contribution in [3.8, 4) is 0 Å². The number of carbonyl (C=O) groups excluding carboxylic acids is 1. The number of nitrogens with zero attached hydrogens (tertiary/aromatic N) is 1. The van der Waals surface area contributed by atoms with E-state index >= 15 is 0 Å². The average Bonchev–Trinajstić information content (AvgIpc) is 3.13. The summed E-state index contributed by atoms with van der Waals surface area (Å²) in [5.41, 5.74) is -0.0215. The summed E-state index contributed by atoms with van der Waals surface area (Å²) in [7, 11) is 3.37. The Morgan fingerprint density at radius 1 is 1.26 bits per heavy atom. The van der Waals surface area contributed by atoms with Crippen LogP contribution in [0.15, 0.2) is 10.6 Å².